The maximum absolute atomic E-state index is 6.07. The monoisotopic (exact) mass is 342 g/mol. The lowest BCUT2D eigenvalue weighted by molar-refractivity contribution is 0.0750. The van der Waals surface area contributed by atoms with E-state index in [0.29, 0.717) is 12.3 Å². The van der Waals surface area contributed by atoms with Gasteiger partial charge in [0, 0.05) is 18.2 Å². The third kappa shape index (κ3) is 5.68. The first-order valence-corrected chi connectivity index (χ1v) is 8.90. The average molecular weight is 342 g/mol. The molecule has 2 rings (SSSR count). The van der Waals surface area contributed by atoms with Crippen LogP contribution in [0, 0.1) is 0 Å². The lowest BCUT2D eigenvalue weighted by atomic mass is 9.88. The number of benzene rings is 2. The lowest BCUT2D eigenvalue weighted by Gasteiger charge is -2.21. The summed E-state index contributed by atoms with van der Waals surface area (Å²) in [7, 11) is 0. The molecular weight excluding hydrogens is 312 g/mol. The summed E-state index contributed by atoms with van der Waals surface area (Å²) in [5, 5.41) is 0. The van der Waals surface area contributed by atoms with Gasteiger partial charge in [-0.3, -0.25) is 0 Å². The number of hydrogen-bond donors (Lipinski definition) is 2. The molecule has 0 saturated heterocycles. The molecule has 0 bridgehead atoms. The second-order valence-corrected chi connectivity index (χ2v) is 6.89. The van der Waals surface area contributed by atoms with Crippen molar-refractivity contribution in [2.24, 2.45) is 0 Å². The van der Waals surface area contributed by atoms with Crippen LogP contribution in [0.3, 0.4) is 0 Å². The molecule has 2 aromatic carbocycles. The second kappa shape index (κ2) is 8.77. The topological polar surface area (TPSA) is 70.5 Å². The van der Waals surface area contributed by atoms with E-state index in [1.54, 1.807) is 0 Å². The molecule has 25 heavy (non-hydrogen) atoms. The molecule has 1 unspecified atom stereocenters. The molecular formula is C21H30N2O2. The van der Waals surface area contributed by atoms with E-state index in [9.17, 15) is 0 Å². The zero-order valence-corrected chi connectivity index (χ0v) is 15.7. The van der Waals surface area contributed by atoms with Gasteiger partial charge in [0.05, 0.1) is 17.9 Å². The van der Waals surface area contributed by atoms with Crippen molar-refractivity contribution in [1.29, 1.82) is 0 Å². The van der Waals surface area contributed by atoms with E-state index in [-0.39, 0.29) is 18.1 Å². The Balaban J connectivity index is 2.32. The summed E-state index contributed by atoms with van der Waals surface area (Å²) < 4.78 is 11.6. The van der Waals surface area contributed by atoms with Gasteiger partial charge in [0.25, 0.3) is 0 Å². The first-order chi connectivity index (χ1) is 11.9. The minimum atomic E-state index is 0.0804. The Bertz CT molecular complexity index is 666. The molecule has 0 saturated carbocycles. The molecule has 0 spiro atoms. The Kier molecular flexibility index (Phi) is 6.71. The van der Waals surface area contributed by atoms with Gasteiger partial charge in [0.15, 0.2) is 0 Å². The largest absolute Gasteiger partial charge is 0.489 e. The van der Waals surface area contributed by atoms with E-state index in [2.05, 4.69) is 32.0 Å². The highest BCUT2D eigenvalue weighted by molar-refractivity contribution is 5.55. The minimum absolute atomic E-state index is 0.0804. The van der Waals surface area contributed by atoms with E-state index >= 15 is 0 Å². The molecule has 0 fully saturated rings. The van der Waals surface area contributed by atoms with Crippen molar-refractivity contribution in [3.8, 4) is 5.75 Å². The van der Waals surface area contributed by atoms with Crippen molar-refractivity contribution in [2.75, 3.05) is 18.1 Å². The molecule has 0 aliphatic carbocycles. The Morgan fingerprint density at radius 2 is 1.48 bits per heavy atom. The molecule has 2 aromatic rings. The molecule has 136 valence electrons. The summed E-state index contributed by atoms with van der Waals surface area (Å²) in [6.07, 6.45) is 1.18. The predicted molar refractivity (Wildman–Crippen MR) is 105 cm³/mol. The highest BCUT2D eigenvalue weighted by atomic mass is 16.5. The summed E-state index contributed by atoms with van der Waals surface area (Å²) in [6, 6.07) is 14.1. The number of nitrogen functional groups attached to an aromatic ring is 2. The van der Waals surface area contributed by atoms with E-state index < -0.39 is 0 Å². The molecule has 0 radical (unpaired) electrons. The molecule has 4 nitrogen and oxygen atoms in total. The van der Waals surface area contributed by atoms with Crippen LogP contribution in [0.2, 0.25) is 0 Å². The number of nitrogens with two attached hydrogens (primary N) is 2. The molecule has 0 aliphatic heterocycles. The molecule has 0 heterocycles. The number of ether oxygens (including phenoxy) is 2. The summed E-state index contributed by atoms with van der Waals surface area (Å²) in [5.41, 5.74) is 15.7. The van der Waals surface area contributed by atoms with Crippen molar-refractivity contribution < 1.29 is 9.47 Å². The van der Waals surface area contributed by atoms with Crippen LogP contribution in [0.1, 0.15) is 51.2 Å². The van der Waals surface area contributed by atoms with Gasteiger partial charge in [-0.2, -0.15) is 0 Å². The summed E-state index contributed by atoms with van der Waals surface area (Å²) in [6.45, 7) is 8.80. The Hall–Kier alpha value is -2.20. The van der Waals surface area contributed by atoms with Crippen LogP contribution in [0.4, 0.5) is 11.4 Å². The SMILES string of the molecule is CC(C)OCCC(c1ccc(N)cc1)c1ccc(N)c(OC(C)C)c1. The van der Waals surface area contributed by atoms with E-state index in [1.165, 1.54) is 11.1 Å². The van der Waals surface area contributed by atoms with Crippen LogP contribution < -0.4 is 16.2 Å². The molecule has 0 aliphatic rings. The van der Waals surface area contributed by atoms with Gasteiger partial charge in [-0.1, -0.05) is 18.2 Å². The van der Waals surface area contributed by atoms with E-state index in [4.69, 9.17) is 20.9 Å². The predicted octanol–water partition coefficient (Wildman–Crippen LogP) is 4.59. The van der Waals surface area contributed by atoms with Gasteiger partial charge in [0.2, 0.25) is 0 Å². The zero-order chi connectivity index (χ0) is 18.4. The van der Waals surface area contributed by atoms with Gasteiger partial charge >= 0.3 is 0 Å². The van der Waals surface area contributed by atoms with Crippen LogP contribution in [-0.4, -0.2) is 18.8 Å². The number of anilines is 2. The standard InChI is InChI=1S/C21H30N2O2/c1-14(2)24-12-11-19(16-5-8-18(22)9-6-16)17-7-10-20(23)21(13-17)25-15(3)4/h5-10,13-15,19H,11-12,22-23H2,1-4H3. The molecule has 1 atom stereocenters. The molecule has 4 N–H and O–H groups in total. The normalized spacial score (nSPS) is 12.6. The lowest BCUT2D eigenvalue weighted by Crippen LogP contribution is -2.11. The Labute approximate surface area is 151 Å². The fourth-order valence-corrected chi connectivity index (χ4v) is 2.80. The summed E-state index contributed by atoms with van der Waals surface area (Å²) in [5.74, 6) is 0.937. The highest BCUT2D eigenvalue weighted by Crippen LogP contribution is 2.33. The second-order valence-electron chi connectivity index (χ2n) is 6.89. The number of rotatable bonds is 8. The van der Waals surface area contributed by atoms with Crippen molar-refractivity contribution in [3.05, 3.63) is 53.6 Å². The van der Waals surface area contributed by atoms with Crippen molar-refractivity contribution in [2.45, 2.75) is 52.2 Å². The van der Waals surface area contributed by atoms with Crippen molar-refractivity contribution in [3.63, 3.8) is 0 Å². The average Bonchev–Trinajstić information content (AvgIpc) is 2.54. The van der Waals surface area contributed by atoms with Gasteiger partial charge in [-0.25, -0.2) is 0 Å². The maximum atomic E-state index is 6.07. The van der Waals surface area contributed by atoms with Crippen LogP contribution in [0.5, 0.6) is 5.75 Å². The van der Waals surface area contributed by atoms with Gasteiger partial charge in [0.1, 0.15) is 5.75 Å². The van der Waals surface area contributed by atoms with Crippen molar-refractivity contribution in [1.82, 2.24) is 0 Å². The van der Waals surface area contributed by atoms with E-state index in [0.717, 1.165) is 17.9 Å². The van der Waals surface area contributed by atoms with Crippen LogP contribution in [0.15, 0.2) is 42.5 Å². The van der Waals surface area contributed by atoms with Crippen LogP contribution in [0.25, 0.3) is 0 Å². The van der Waals surface area contributed by atoms with Gasteiger partial charge < -0.3 is 20.9 Å². The summed E-state index contributed by atoms with van der Waals surface area (Å²) >= 11 is 0. The molecule has 4 heteroatoms. The zero-order valence-electron chi connectivity index (χ0n) is 15.7. The quantitative estimate of drug-likeness (QED) is 0.689. The van der Waals surface area contributed by atoms with Gasteiger partial charge in [-0.05, 0) is 69.5 Å². The van der Waals surface area contributed by atoms with Crippen LogP contribution in [-0.2, 0) is 4.74 Å². The first-order valence-electron chi connectivity index (χ1n) is 8.90. The Morgan fingerprint density at radius 1 is 0.840 bits per heavy atom. The third-order valence-electron chi connectivity index (χ3n) is 4.00. The molecule has 0 amide bonds. The van der Waals surface area contributed by atoms with E-state index in [1.807, 2.05) is 38.1 Å². The van der Waals surface area contributed by atoms with Gasteiger partial charge in [-0.15, -0.1) is 0 Å². The summed E-state index contributed by atoms with van der Waals surface area (Å²) in [4.78, 5) is 0. The third-order valence-corrected chi connectivity index (χ3v) is 4.00. The first kappa shape index (κ1) is 19.1. The minimum Gasteiger partial charge on any atom is -0.489 e. The fourth-order valence-electron chi connectivity index (χ4n) is 2.80. The highest BCUT2D eigenvalue weighted by Gasteiger charge is 2.17. The fraction of sp³-hybridized carbons (Fsp3) is 0.429. The van der Waals surface area contributed by atoms with Crippen LogP contribution >= 0.6 is 0 Å². The van der Waals surface area contributed by atoms with Crippen molar-refractivity contribution >= 4 is 11.4 Å². The Morgan fingerprint density at radius 3 is 2.08 bits per heavy atom. The molecule has 0 aromatic heterocycles. The number of hydrogen-bond acceptors (Lipinski definition) is 4. The maximum Gasteiger partial charge on any atom is 0.142 e. The smallest absolute Gasteiger partial charge is 0.142 e.